The van der Waals surface area contributed by atoms with Gasteiger partial charge >= 0.3 is 0 Å². The molecule has 0 aromatic heterocycles. The minimum absolute atomic E-state index is 0.0242. The zero-order valence-electron chi connectivity index (χ0n) is 11.4. The van der Waals surface area contributed by atoms with Crippen LogP contribution in [-0.4, -0.2) is 8.42 Å². The normalized spacial score (nSPS) is 11.4. The molecule has 0 radical (unpaired) electrons. The Balaban J connectivity index is 2.31. The summed E-state index contributed by atoms with van der Waals surface area (Å²) in [5.74, 6) is 0. The summed E-state index contributed by atoms with van der Waals surface area (Å²) in [5.41, 5.74) is 8.20. The minimum atomic E-state index is -3.81. The number of nitrogens with two attached hydrogens (primary N) is 2. The lowest BCUT2D eigenvalue weighted by Crippen LogP contribution is -2.15. The van der Waals surface area contributed by atoms with Crippen molar-refractivity contribution in [1.82, 2.24) is 0 Å². The number of hydrogen-bond donors (Lipinski definition) is 3. The third-order valence-electron chi connectivity index (χ3n) is 3.06. The van der Waals surface area contributed by atoms with Crippen molar-refractivity contribution >= 4 is 33.0 Å². The summed E-state index contributed by atoms with van der Waals surface area (Å²) < 4.78 is 23.1. The molecule has 5 nitrogen and oxygen atoms in total. The molecule has 0 spiro atoms. The minimum Gasteiger partial charge on any atom is -0.399 e. The molecule has 0 fully saturated rings. The molecule has 0 saturated heterocycles. The molecule has 0 atom stereocenters. The summed E-state index contributed by atoms with van der Waals surface area (Å²) in [7, 11) is -3.81. The number of sulfonamides is 1. The molecule has 2 aromatic rings. The van der Waals surface area contributed by atoms with Crippen LogP contribution >= 0.6 is 11.6 Å². The summed E-state index contributed by atoms with van der Waals surface area (Å²) in [4.78, 5) is 0.0242. The van der Waals surface area contributed by atoms with Crippen LogP contribution in [-0.2, 0) is 16.6 Å². The second kappa shape index (κ2) is 5.93. The summed E-state index contributed by atoms with van der Waals surface area (Å²) in [5, 5.41) is 8.99. The number of primary sulfonamides is 1. The molecule has 2 aromatic carbocycles. The van der Waals surface area contributed by atoms with Crippen LogP contribution in [0.3, 0.4) is 0 Å². The highest BCUT2D eigenvalue weighted by Gasteiger charge is 2.15. The van der Waals surface area contributed by atoms with Crippen molar-refractivity contribution in [3.05, 3.63) is 52.5 Å². The molecule has 0 bridgehead atoms. The lowest BCUT2D eigenvalue weighted by Gasteiger charge is -2.14. The third kappa shape index (κ3) is 3.87. The molecule has 0 aliphatic rings. The predicted octanol–water partition coefficient (Wildman–Crippen LogP) is 2.49. The number of benzene rings is 2. The fourth-order valence-corrected chi connectivity index (χ4v) is 3.08. The summed E-state index contributed by atoms with van der Waals surface area (Å²) in [6.07, 6.45) is 0. The molecule has 5 N–H and O–H groups in total. The van der Waals surface area contributed by atoms with Gasteiger partial charge in [0.1, 0.15) is 0 Å². The number of anilines is 2. The van der Waals surface area contributed by atoms with Crippen molar-refractivity contribution in [2.24, 2.45) is 5.14 Å². The first-order valence-electron chi connectivity index (χ1n) is 6.18. The van der Waals surface area contributed by atoms with Crippen molar-refractivity contribution in [3.8, 4) is 0 Å². The third-order valence-corrected chi connectivity index (χ3v) is 4.33. The van der Waals surface area contributed by atoms with Gasteiger partial charge in [0.15, 0.2) is 0 Å². The molecule has 0 aliphatic heterocycles. The molecule has 0 heterocycles. The topological polar surface area (TPSA) is 98.2 Å². The Labute approximate surface area is 129 Å². The highest BCUT2D eigenvalue weighted by atomic mass is 35.5. The van der Waals surface area contributed by atoms with Gasteiger partial charge in [0.25, 0.3) is 0 Å². The number of halogens is 1. The van der Waals surface area contributed by atoms with E-state index in [-0.39, 0.29) is 4.90 Å². The smallest absolute Gasteiger partial charge is 0.238 e. The highest BCUT2D eigenvalue weighted by molar-refractivity contribution is 7.89. The Hall–Kier alpha value is -1.76. The quantitative estimate of drug-likeness (QED) is 0.752. The van der Waals surface area contributed by atoms with Gasteiger partial charge in [-0.1, -0.05) is 23.7 Å². The van der Waals surface area contributed by atoms with E-state index in [9.17, 15) is 8.42 Å². The van der Waals surface area contributed by atoms with E-state index in [1.54, 1.807) is 19.1 Å². The van der Waals surface area contributed by atoms with E-state index < -0.39 is 10.0 Å². The van der Waals surface area contributed by atoms with Gasteiger partial charge in [-0.3, -0.25) is 0 Å². The summed E-state index contributed by atoms with van der Waals surface area (Å²) >= 11 is 5.92. The molecule has 2 rings (SSSR count). The van der Waals surface area contributed by atoms with Crippen molar-refractivity contribution in [2.75, 3.05) is 11.1 Å². The number of rotatable bonds is 4. The Bertz CT molecular complexity index is 776. The molecule has 7 heteroatoms. The first kappa shape index (κ1) is 15.6. The van der Waals surface area contributed by atoms with Gasteiger partial charge in [0.05, 0.1) is 4.90 Å². The van der Waals surface area contributed by atoms with E-state index in [2.05, 4.69) is 5.32 Å². The SMILES string of the molecule is Cc1c(NCc2cccc(Cl)c2)cc(N)cc1S(N)(=O)=O. The van der Waals surface area contributed by atoms with E-state index in [0.29, 0.717) is 28.5 Å². The summed E-state index contributed by atoms with van der Waals surface area (Å²) in [6.45, 7) is 2.18. The molecule has 21 heavy (non-hydrogen) atoms. The largest absolute Gasteiger partial charge is 0.399 e. The number of nitrogens with one attached hydrogen (secondary N) is 1. The monoisotopic (exact) mass is 325 g/mol. The number of hydrogen-bond acceptors (Lipinski definition) is 4. The molecular formula is C14H16ClN3O2S. The van der Waals surface area contributed by atoms with E-state index in [4.69, 9.17) is 22.5 Å². The maximum atomic E-state index is 11.6. The Kier molecular flexibility index (Phi) is 4.41. The first-order valence-corrected chi connectivity index (χ1v) is 8.11. The van der Waals surface area contributed by atoms with Crippen molar-refractivity contribution in [2.45, 2.75) is 18.4 Å². The highest BCUT2D eigenvalue weighted by Crippen LogP contribution is 2.26. The van der Waals surface area contributed by atoms with Crippen LogP contribution in [0.4, 0.5) is 11.4 Å². The van der Waals surface area contributed by atoms with Crippen LogP contribution in [0.25, 0.3) is 0 Å². The van der Waals surface area contributed by atoms with Gasteiger partial charge in [-0.05, 0) is 42.3 Å². The van der Waals surface area contributed by atoms with Gasteiger partial charge in [-0.15, -0.1) is 0 Å². The van der Waals surface area contributed by atoms with E-state index >= 15 is 0 Å². The fraction of sp³-hybridized carbons (Fsp3) is 0.143. The van der Waals surface area contributed by atoms with Crippen LogP contribution in [0, 0.1) is 6.92 Å². The van der Waals surface area contributed by atoms with Gasteiger partial charge in [0, 0.05) is 22.9 Å². The molecular weight excluding hydrogens is 310 g/mol. The molecule has 0 amide bonds. The molecule has 112 valence electrons. The molecule has 0 saturated carbocycles. The maximum absolute atomic E-state index is 11.6. The summed E-state index contributed by atoms with van der Waals surface area (Å²) in [6, 6.07) is 10.4. The van der Waals surface area contributed by atoms with Crippen molar-refractivity contribution in [1.29, 1.82) is 0 Å². The van der Waals surface area contributed by atoms with E-state index in [1.807, 2.05) is 18.2 Å². The second-order valence-corrected chi connectivity index (χ2v) is 6.69. The molecule has 0 aliphatic carbocycles. The zero-order valence-corrected chi connectivity index (χ0v) is 13.0. The van der Waals surface area contributed by atoms with Crippen molar-refractivity contribution in [3.63, 3.8) is 0 Å². The van der Waals surface area contributed by atoms with Gasteiger partial charge in [0.2, 0.25) is 10.0 Å². The standard InChI is InChI=1S/C14H16ClN3O2S/c1-9-13(6-12(16)7-14(9)21(17,19)20)18-8-10-3-2-4-11(15)5-10/h2-7,18H,8,16H2,1H3,(H2,17,19,20). The average molecular weight is 326 g/mol. The van der Waals surface area contributed by atoms with E-state index in [0.717, 1.165) is 5.56 Å². The van der Waals surface area contributed by atoms with Crippen molar-refractivity contribution < 1.29 is 8.42 Å². The number of nitrogen functional groups attached to an aromatic ring is 1. The fourth-order valence-electron chi connectivity index (χ4n) is 2.03. The molecule has 0 unspecified atom stereocenters. The zero-order chi connectivity index (χ0) is 15.6. The van der Waals surface area contributed by atoms with Gasteiger partial charge < -0.3 is 11.1 Å². The Morgan fingerprint density at radius 2 is 1.95 bits per heavy atom. The maximum Gasteiger partial charge on any atom is 0.238 e. The van der Waals surface area contributed by atoms with Crippen LogP contribution in [0.5, 0.6) is 0 Å². The van der Waals surface area contributed by atoms with Gasteiger partial charge in [-0.25, -0.2) is 13.6 Å². The lowest BCUT2D eigenvalue weighted by atomic mass is 10.1. The van der Waals surface area contributed by atoms with Crippen LogP contribution in [0.2, 0.25) is 5.02 Å². The Morgan fingerprint density at radius 3 is 2.57 bits per heavy atom. The predicted molar refractivity (Wildman–Crippen MR) is 85.7 cm³/mol. The second-order valence-electron chi connectivity index (χ2n) is 4.72. The first-order chi connectivity index (χ1) is 9.77. The Morgan fingerprint density at radius 1 is 1.24 bits per heavy atom. The van der Waals surface area contributed by atoms with Crippen LogP contribution in [0.15, 0.2) is 41.3 Å². The average Bonchev–Trinajstić information content (AvgIpc) is 2.38. The van der Waals surface area contributed by atoms with Crippen LogP contribution < -0.4 is 16.2 Å². The van der Waals surface area contributed by atoms with Gasteiger partial charge in [-0.2, -0.15) is 0 Å². The van der Waals surface area contributed by atoms with Crippen LogP contribution in [0.1, 0.15) is 11.1 Å². The van der Waals surface area contributed by atoms with E-state index in [1.165, 1.54) is 6.07 Å². The lowest BCUT2D eigenvalue weighted by molar-refractivity contribution is 0.597.